The third-order valence-electron chi connectivity index (χ3n) is 12.2. The van der Waals surface area contributed by atoms with E-state index in [1.807, 2.05) is 55.4 Å². The average Bonchev–Trinajstić information content (AvgIpc) is 3.97. The maximum atomic E-state index is 5.73. The van der Waals surface area contributed by atoms with Crippen LogP contribution < -0.4 is 11.0 Å². The van der Waals surface area contributed by atoms with E-state index in [2.05, 4.69) is 118 Å². The van der Waals surface area contributed by atoms with Crippen molar-refractivity contribution in [1.82, 2.24) is 9.13 Å². The van der Waals surface area contributed by atoms with Crippen LogP contribution in [0.15, 0.2) is 74.1 Å². The molecule has 7 heterocycles. The van der Waals surface area contributed by atoms with E-state index in [1.165, 1.54) is 88.3 Å². The normalized spacial score (nSPS) is 17.2. The Balaban J connectivity index is 0.000000539. The molecule has 290 valence electrons. The van der Waals surface area contributed by atoms with Gasteiger partial charge in [-0.25, -0.2) is 19.1 Å². The third kappa shape index (κ3) is 4.25. The third-order valence-corrected chi connectivity index (χ3v) is 12.2. The summed E-state index contributed by atoms with van der Waals surface area (Å²) in [7, 11) is 0. The summed E-state index contributed by atoms with van der Waals surface area (Å²) in [5, 5.41) is 4.67. The maximum Gasteiger partial charge on any atom is 0.293 e. The summed E-state index contributed by atoms with van der Waals surface area (Å²) < 4.78 is 7.40. The molecule has 1 unspecified atom stereocenters. The van der Waals surface area contributed by atoms with Gasteiger partial charge in [-0.2, -0.15) is 4.58 Å². The van der Waals surface area contributed by atoms with Gasteiger partial charge in [0.25, 0.3) is 17.5 Å². The van der Waals surface area contributed by atoms with Gasteiger partial charge >= 0.3 is 0 Å². The molecule has 12 rings (SSSR count). The Labute approximate surface area is 337 Å². The van der Waals surface area contributed by atoms with Crippen molar-refractivity contribution in [1.29, 1.82) is 0 Å². The van der Waals surface area contributed by atoms with Crippen LogP contribution in [-0.2, 0) is 5.79 Å². The fraction of sp³-hybridized carbons (Fsp3) is 0.340. The highest BCUT2D eigenvalue weighted by Crippen LogP contribution is 2.59. The molecular formula is C50H56N7+. The van der Waals surface area contributed by atoms with E-state index in [1.54, 1.807) is 0 Å². The van der Waals surface area contributed by atoms with Crippen LogP contribution in [-0.4, -0.2) is 31.1 Å². The van der Waals surface area contributed by atoms with Crippen LogP contribution in [0.25, 0.3) is 27.2 Å². The highest BCUT2D eigenvalue weighted by molar-refractivity contribution is 6.29. The number of rotatable bonds is 0. The number of benzene rings is 4. The first-order valence-electron chi connectivity index (χ1n) is 21.2. The lowest BCUT2D eigenvalue weighted by Crippen LogP contribution is -2.66. The minimum atomic E-state index is -0.900. The van der Waals surface area contributed by atoms with Crippen LogP contribution in [0.5, 0.6) is 0 Å². The second-order valence-electron chi connectivity index (χ2n) is 14.9. The van der Waals surface area contributed by atoms with E-state index < -0.39 is 5.79 Å². The molecule has 0 fully saturated rings. The number of hydrogen-bond acceptors (Lipinski definition) is 4. The summed E-state index contributed by atoms with van der Waals surface area (Å²) >= 11 is 0. The van der Waals surface area contributed by atoms with E-state index in [0.717, 1.165) is 51.3 Å². The van der Waals surface area contributed by atoms with Crippen molar-refractivity contribution < 1.29 is 4.58 Å². The highest BCUT2D eigenvalue weighted by Gasteiger charge is 2.66. The smallest absolute Gasteiger partial charge is 0.235 e. The first-order valence-corrected chi connectivity index (χ1v) is 21.2. The predicted octanol–water partition coefficient (Wildman–Crippen LogP) is 11.3. The number of amidine groups is 2. The lowest BCUT2D eigenvalue weighted by molar-refractivity contribution is -0.539. The maximum absolute atomic E-state index is 5.73. The summed E-state index contributed by atoms with van der Waals surface area (Å²) in [5.74, 6) is 2.92. The molecule has 0 saturated heterocycles. The number of nitrogens with zero attached hydrogens (tertiary/aromatic N) is 7. The second-order valence-corrected chi connectivity index (χ2v) is 14.9. The molecule has 0 radical (unpaired) electrons. The molecule has 0 saturated carbocycles. The number of aryl methyl sites for hydroxylation is 8. The van der Waals surface area contributed by atoms with Crippen LogP contribution in [0.1, 0.15) is 122 Å². The van der Waals surface area contributed by atoms with Crippen molar-refractivity contribution in [3.05, 3.63) is 132 Å². The average molecular weight is 755 g/mol. The minimum Gasteiger partial charge on any atom is -0.235 e. The first kappa shape index (κ1) is 38.2. The molecule has 7 nitrogen and oxygen atoms in total. The highest BCUT2D eigenvalue weighted by atomic mass is 15.6. The molecule has 6 aliphatic rings. The molecule has 5 aliphatic heterocycles. The van der Waals surface area contributed by atoms with Crippen molar-refractivity contribution in [3.63, 3.8) is 0 Å². The SMILES string of the molecule is CC.CC.CC.CC.Cc1ccc(C)c2c1C1=Nc3c4c(C)ccc(C)c4c4n3C35C1=C2N=c1c2c(C)ccc(C)c2c(n13)=NC1=[N+]5C(=N4)c2c(C)ccc(C)c21. The topological polar surface area (TPSA) is 62.3 Å². The van der Waals surface area contributed by atoms with E-state index in [4.69, 9.17) is 20.0 Å². The van der Waals surface area contributed by atoms with Gasteiger partial charge in [0.1, 0.15) is 11.3 Å². The molecule has 7 heteroatoms. The van der Waals surface area contributed by atoms with Crippen molar-refractivity contribution >= 4 is 56.3 Å². The van der Waals surface area contributed by atoms with E-state index >= 15 is 0 Å². The summed E-state index contributed by atoms with van der Waals surface area (Å²) in [6, 6.07) is 17.9. The number of fused-ring (bicyclic) bond motifs is 12. The van der Waals surface area contributed by atoms with Crippen LogP contribution in [0.3, 0.4) is 0 Å². The van der Waals surface area contributed by atoms with Crippen molar-refractivity contribution in [3.8, 4) is 0 Å². The van der Waals surface area contributed by atoms with Gasteiger partial charge in [-0.1, -0.05) is 114 Å². The van der Waals surface area contributed by atoms with Crippen LogP contribution in [0.2, 0.25) is 0 Å². The first-order chi connectivity index (χ1) is 27.6. The van der Waals surface area contributed by atoms with Crippen LogP contribution in [0, 0.1) is 55.4 Å². The fourth-order valence-corrected chi connectivity index (χ4v) is 10.0. The minimum absolute atomic E-state index is 0.900. The Bertz CT molecular complexity index is 2860. The zero-order valence-electron chi connectivity index (χ0n) is 36.7. The van der Waals surface area contributed by atoms with E-state index in [9.17, 15) is 0 Å². The molecule has 0 N–H and O–H groups in total. The Morgan fingerprint density at radius 2 is 0.842 bits per heavy atom. The zero-order valence-corrected chi connectivity index (χ0v) is 36.7. The molecule has 1 spiro atoms. The molecule has 2 aromatic heterocycles. The summed E-state index contributed by atoms with van der Waals surface area (Å²) in [6.07, 6.45) is 0. The molecule has 1 atom stereocenters. The predicted molar refractivity (Wildman–Crippen MR) is 239 cm³/mol. The molecular weight excluding hydrogens is 699 g/mol. The van der Waals surface area contributed by atoms with E-state index in [-0.39, 0.29) is 0 Å². The summed E-state index contributed by atoms with van der Waals surface area (Å²) in [6.45, 7) is 33.7. The monoisotopic (exact) mass is 754 g/mol. The molecule has 0 bridgehead atoms. The lowest BCUT2D eigenvalue weighted by Gasteiger charge is -2.44. The molecule has 6 aromatic rings. The van der Waals surface area contributed by atoms with Crippen molar-refractivity contribution in [2.75, 3.05) is 0 Å². The van der Waals surface area contributed by atoms with Crippen molar-refractivity contribution in [2.45, 2.75) is 117 Å². The molecule has 57 heavy (non-hydrogen) atoms. The molecule has 1 aliphatic carbocycles. The Kier molecular flexibility index (Phi) is 8.84. The number of aromatic nitrogens is 2. The van der Waals surface area contributed by atoms with Gasteiger partial charge in [0.05, 0.1) is 28.1 Å². The molecule has 0 amide bonds. The number of hydrogen-bond donors (Lipinski definition) is 0. The lowest BCUT2D eigenvalue weighted by atomic mass is 9.94. The Morgan fingerprint density at radius 1 is 0.421 bits per heavy atom. The standard InChI is InChI=1S/C42H32N7.4C2H6/c1-17-9-10-18(2)26-25(17)34-33-35(26)44-37-28-20(4)12-14-22(6)30(28)39-46-41-32-24(8)16-15-23(7)31(32)40-45-38-29-21(5)13-11-19(3)27(29)36(43-34)47(38)42(33,48(37)39)49(40)41;4*1-2/h9-16H,1-8H3;4*1-2H3/q+1;;;;. The Hall–Kier alpha value is -5.69. The van der Waals surface area contributed by atoms with Crippen molar-refractivity contribution in [2.24, 2.45) is 20.0 Å². The fourth-order valence-electron chi connectivity index (χ4n) is 10.0. The van der Waals surface area contributed by atoms with Gasteiger partial charge in [0.2, 0.25) is 11.3 Å². The van der Waals surface area contributed by atoms with Gasteiger partial charge in [-0.15, -0.1) is 0 Å². The number of aliphatic imine (C=N–C) groups is 2. The quantitative estimate of drug-likeness (QED) is 0.139. The summed E-state index contributed by atoms with van der Waals surface area (Å²) in [5.41, 5.74) is 19.4. The van der Waals surface area contributed by atoms with Gasteiger partial charge < -0.3 is 0 Å². The van der Waals surface area contributed by atoms with Crippen LogP contribution >= 0.6 is 0 Å². The summed E-state index contributed by atoms with van der Waals surface area (Å²) in [4.78, 5) is 22.9. The van der Waals surface area contributed by atoms with E-state index in [0.29, 0.717) is 0 Å². The van der Waals surface area contributed by atoms with Gasteiger partial charge in [0, 0.05) is 32.7 Å². The van der Waals surface area contributed by atoms with Gasteiger partial charge in [-0.3, -0.25) is 0 Å². The second kappa shape index (κ2) is 13.2. The zero-order chi connectivity index (χ0) is 41.2. The largest absolute Gasteiger partial charge is 0.293 e. The molecule has 4 aromatic carbocycles. The van der Waals surface area contributed by atoms with Gasteiger partial charge in [-0.05, 0) is 99.9 Å². The van der Waals surface area contributed by atoms with Gasteiger partial charge in [0.15, 0.2) is 0 Å². The Morgan fingerprint density at radius 3 is 1.39 bits per heavy atom. The van der Waals surface area contributed by atoms with Crippen LogP contribution in [0.4, 0.5) is 11.6 Å².